The Kier molecular flexibility index (Phi) is 5.84. The lowest BCUT2D eigenvalue weighted by Crippen LogP contribution is -2.51. The van der Waals surface area contributed by atoms with E-state index in [1.54, 1.807) is 0 Å². The van der Waals surface area contributed by atoms with E-state index in [9.17, 15) is 9.59 Å². The Morgan fingerprint density at radius 1 is 0.931 bits per heavy atom. The molecule has 2 unspecified atom stereocenters. The van der Waals surface area contributed by atoms with Gasteiger partial charge in [0.1, 0.15) is 5.75 Å². The molecular formula is C24H28N2O3. The highest BCUT2D eigenvalue weighted by molar-refractivity contribution is 5.84. The van der Waals surface area contributed by atoms with Crippen LogP contribution in [0.3, 0.4) is 0 Å². The van der Waals surface area contributed by atoms with Gasteiger partial charge in [0.25, 0.3) is 0 Å². The van der Waals surface area contributed by atoms with Gasteiger partial charge >= 0.3 is 0 Å². The Hall–Kier alpha value is -2.82. The molecule has 1 aliphatic heterocycles. The van der Waals surface area contributed by atoms with Crippen LogP contribution in [0.5, 0.6) is 5.75 Å². The van der Waals surface area contributed by atoms with Crippen LogP contribution in [0, 0.1) is 5.92 Å². The summed E-state index contributed by atoms with van der Waals surface area (Å²) < 4.78 is 5.44. The third-order valence-electron chi connectivity index (χ3n) is 5.87. The van der Waals surface area contributed by atoms with Crippen molar-refractivity contribution in [3.05, 3.63) is 65.7 Å². The van der Waals surface area contributed by atoms with Crippen molar-refractivity contribution in [2.24, 2.45) is 5.92 Å². The van der Waals surface area contributed by atoms with Gasteiger partial charge in [-0.1, -0.05) is 42.5 Å². The maximum Gasteiger partial charge on any atom is 0.227 e. The van der Waals surface area contributed by atoms with E-state index in [-0.39, 0.29) is 17.7 Å². The predicted molar refractivity (Wildman–Crippen MR) is 112 cm³/mol. The van der Waals surface area contributed by atoms with E-state index in [1.165, 1.54) is 5.56 Å². The van der Waals surface area contributed by atoms with Gasteiger partial charge in [0.05, 0.1) is 13.0 Å². The number of amides is 2. The van der Waals surface area contributed by atoms with Crippen LogP contribution in [0.1, 0.15) is 30.4 Å². The molecule has 5 heteroatoms. The zero-order valence-electron chi connectivity index (χ0n) is 16.9. The van der Waals surface area contributed by atoms with Crippen LogP contribution in [0.25, 0.3) is 0 Å². The van der Waals surface area contributed by atoms with E-state index in [4.69, 9.17) is 4.74 Å². The average molecular weight is 392 g/mol. The second-order valence-corrected chi connectivity index (χ2v) is 7.82. The van der Waals surface area contributed by atoms with Gasteiger partial charge in [-0.25, -0.2) is 0 Å². The summed E-state index contributed by atoms with van der Waals surface area (Å²) in [6.07, 6.45) is 1.33. The molecule has 1 saturated heterocycles. The highest BCUT2D eigenvalue weighted by Crippen LogP contribution is 2.48. The van der Waals surface area contributed by atoms with E-state index in [2.05, 4.69) is 12.1 Å². The zero-order chi connectivity index (χ0) is 20.2. The maximum atomic E-state index is 12.8. The van der Waals surface area contributed by atoms with E-state index < -0.39 is 0 Å². The number of rotatable bonds is 6. The van der Waals surface area contributed by atoms with Gasteiger partial charge in [-0.05, 0) is 42.5 Å². The molecule has 0 N–H and O–H groups in total. The fourth-order valence-electron chi connectivity index (χ4n) is 4.10. The summed E-state index contributed by atoms with van der Waals surface area (Å²) in [5, 5.41) is 0. The largest absolute Gasteiger partial charge is 0.494 e. The first-order chi connectivity index (χ1) is 14.2. The van der Waals surface area contributed by atoms with Crippen LogP contribution in [0.2, 0.25) is 0 Å². The minimum Gasteiger partial charge on any atom is -0.494 e. The molecule has 0 bridgehead atoms. The smallest absolute Gasteiger partial charge is 0.227 e. The topological polar surface area (TPSA) is 49.9 Å². The van der Waals surface area contributed by atoms with Gasteiger partial charge in [-0.15, -0.1) is 0 Å². The lowest BCUT2D eigenvalue weighted by atomic mass is 10.1. The highest BCUT2D eigenvalue weighted by atomic mass is 16.5. The molecule has 2 aromatic carbocycles. The van der Waals surface area contributed by atoms with Crippen molar-refractivity contribution in [3.8, 4) is 5.75 Å². The molecule has 152 valence electrons. The maximum absolute atomic E-state index is 12.8. The summed E-state index contributed by atoms with van der Waals surface area (Å²) >= 11 is 0. The van der Waals surface area contributed by atoms with Crippen molar-refractivity contribution in [2.75, 3.05) is 32.8 Å². The first kappa shape index (κ1) is 19.5. The molecular weight excluding hydrogens is 364 g/mol. The number of carbonyl (C=O) groups is 2. The number of piperazine rings is 1. The molecule has 2 amide bonds. The normalized spacial score (nSPS) is 21.0. The lowest BCUT2D eigenvalue weighted by molar-refractivity contribution is -0.140. The van der Waals surface area contributed by atoms with Gasteiger partial charge in [-0.2, -0.15) is 0 Å². The molecule has 0 radical (unpaired) electrons. The lowest BCUT2D eigenvalue weighted by Gasteiger charge is -2.35. The van der Waals surface area contributed by atoms with Gasteiger partial charge in [0.15, 0.2) is 0 Å². The fourth-order valence-corrected chi connectivity index (χ4v) is 4.10. The van der Waals surface area contributed by atoms with Gasteiger partial charge in [0.2, 0.25) is 11.8 Å². The second-order valence-electron chi connectivity index (χ2n) is 7.82. The first-order valence-electron chi connectivity index (χ1n) is 10.5. The molecule has 1 saturated carbocycles. The Labute approximate surface area is 172 Å². The van der Waals surface area contributed by atoms with Crippen molar-refractivity contribution >= 4 is 11.8 Å². The Morgan fingerprint density at radius 3 is 2.24 bits per heavy atom. The molecule has 0 aromatic heterocycles. The number of carbonyl (C=O) groups excluding carboxylic acids is 2. The number of nitrogens with zero attached hydrogens (tertiary/aromatic N) is 2. The van der Waals surface area contributed by atoms with Crippen molar-refractivity contribution in [1.29, 1.82) is 0 Å². The number of ether oxygens (including phenoxy) is 1. The molecule has 2 aliphatic rings. The summed E-state index contributed by atoms with van der Waals surface area (Å²) in [6, 6.07) is 18.0. The molecule has 5 nitrogen and oxygen atoms in total. The minimum absolute atomic E-state index is 0.114. The standard InChI is InChI=1S/C24H28N2O3/c1-2-29-20-10-8-18(9-11-20)16-23(27)25-12-14-26(15-13-25)24(28)22-17-21(22)19-6-4-3-5-7-19/h3-11,21-22H,2,12-17H2,1H3. The molecule has 1 aliphatic carbocycles. The van der Waals surface area contributed by atoms with Crippen LogP contribution in [-0.4, -0.2) is 54.4 Å². The second kappa shape index (κ2) is 8.68. The Morgan fingerprint density at radius 2 is 1.59 bits per heavy atom. The third-order valence-corrected chi connectivity index (χ3v) is 5.87. The van der Waals surface area contributed by atoms with Crippen LogP contribution in [-0.2, 0) is 16.0 Å². The number of hydrogen-bond donors (Lipinski definition) is 0. The summed E-state index contributed by atoms with van der Waals surface area (Å²) in [7, 11) is 0. The van der Waals surface area contributed by atoms with Crippen LogP contribution < -0.4 is 4.74 Å². The van der Waals surface area contributed by atoms with E-state index in [1.807, 2.05) is 59.2 Å². The van der Waals surface area contributed by atoms with Crippen LogP contribution in [0.15, 0.2) is 54.6 Å². The third kappa shape index (κ3) is 4.61. The molecule has 2 atom stereocenters. The molecule has 29 heavy (non-hydrogen) atoms. The highest BCUT2D eigenvalue weighted by Gasteiger charge is 2.46. The predicted octanol–water partition coefficient (Wildman–Crippen LogP) is 3.10. The molecule has 4 rings (SSSR count). The Bertz CT molecular complexity index is 842. The van der Waals surface area contributed by atoms with E-state index >= 15 is 0 Å². The zero-order valence-corrected chi connectivity index (χ0v) is 16.9. The number of benzene rings is 2. The van der Waals surface area contributed by atoms with Crippen LogP contribution >= 0.6 is 0 Å². The molecule has 0 spiro atoms. The molecule has 1 heterocycles. The summed E-state index contributed by atoms with van der Waals surface area (Å²) in [4.78, 5) is 29.3. The minimum atomic E-state index is 0.114. The van der Waals surface area contributed by atoms with Gasteiger partial charge in [-0.3, -0.25) is 9.59 Å². The number of hydrogen-bond acceptors (Lipinski definition) is 3. The molecule has 2 fully saturated rings. The monoisotopic (exact) mass is 392 g/mol. The van der Waals surface area contributed by atoms with E-state index in [0.29, 0.717) is 45.1 Å². The van der Waals surface area contributed by atoms with Crippen LogP contribution in [0.4, 0.5) is 0 Å². The van der Waals surface area contributed by atoms with Gasteiger partial charge in [0, 0.05) is 32.1 Å². The van der Waals surface area contributed by atoms with Crippen molar-refractivity contribution in [3.63, 3.8) is 0 Å². The summed E-state index contributed by atoms with van der Waals surface area (Å²) in [6.45, 7) is 5.08. The molecule has 2 aromatic rings. The summed E-state index contributed by atoms with van der Waals surface area (Å²) in [5.41, 5.74) is 2.25. The van der Waals surface area contributed by atoms with Crippen molar-refractivity contribution in [1.82, 2.24) is 9.80 Å². The quantitative estimate of drug-likeness (QED) is 0.759. The van der Waals surface area contributed by atoms with E-state index in [0.717, 1.165) is 17.7 Å². The average Bonchev–Trinajstić information content (AvgIpc) is 3.56. The van der Waals surface area contributed by atoms with Gasteiger partial charge < -0.3 is 14.5 Å². The van der Waals surface area contributed by atoms with Crippen molar-refractivity contribution < 1.29 is 14.3 Å². The Balaban J connectivity index is 1.25. The van der Waals surface area contributed by atoms with Crippen molar-refractivity contribution in [2.45, 2.75) is 25.7 Å². The fraction of sp³-hybridized carbons (Fsp3) is 0.417. The first-order valence-corrected chi connectivity index (χ1v) is 10.5. The SMILES string of the molecule is CCOc1ccc(CC(=O)N2CCN(C(=O)C3CC3c3ccccc3)CC2)cc1. The summed E-state index contributed by atoms with van der Waals surface area (Å²) in [5.74, 6) is 1.67.